The SMILES string of the molecule is CC1CSC2(OC(CCl)CS2)S1. The van der Waals surface area contributed by atoms with E-state index in [-0.39, 0.29) is 9.70 Å². The molecule has 2 heterocycles. The molecule has 2 aliphatic heterocycles. The molecule has 3 unspecified atom stereocenters. The van der Waals surface area contributed by atoms with Crippen LogP contribution in [0, 0.1) is 0 Å². The van der Waals surface area contributed by atoms with E-state index in [2.05, 4.69) is 6.92 Å². The highest BCUT2D eigenvalue weighted by molar-refractivity contribution is 8.35. The molecule has 0 aromatic heterocycles. The standard InChI is InChI=1S/C7H11ClOS3/c1-5-3-10-7(12-5)9-6(2-8)4-11-7/h5-6H,2-4H2,1H3. The Bertz CT molecular complexity index is 180. The maximum Gasteiger partial charge on any atom is 0.209 e. The van der Waals surface area contributed by atoms with Crippen LogP contribution in [0.2, 0.25) is 0 Å². The average molecular weight is 243 g/mol. The summed E-state index contributed by atoms with van der Waals surface area (Å²) in [6.45, 7) is 2.25. The van der Waals surface area contributed by atoms with Crippen molar-refractivity contribution in [3.05, 3.63) is 0 Å². The maximum atomic E-state index is 5.89. The molecule has 1 spiro atoms. The van der Waals surface area contributed by atoms with Crippen LogP contribution in [-0.4, -0.2) is 32.3 Å². The van der Waals surface area contributed by atoms with Gasteiger partial charge in [-0.2, -0.15) is 0 Å². The first kappa shape index (κ1) is 9.84. The molecule has 1 nitrogen and oxygen atoms in total. The first-order valence-corrected chi connectivity index (χ1v) is 7.32. The molecule has 2 fully saturated rings. The monoisotopic (exact) mass is 242 g/mol. The van der Waals surface area contributed by atoms with Gasteiger partial charge in [-0.25, -0.2) is 0 Å². The summed E-state index contributed by atoms with van der Waals surface area (Å²) in [6.07, 6.45) is 0.266. The predicted octanol–water partition coefficient (Wildman–Crippen LogP) is 2.84. The van der Waals surface area contributed by atoms with Crippen LogP contribution in [-0.2, 0) is 4.74 Å². The van der Waals surface area contributed by atoms with E-state index >= 15 is 0 Å². The molecular weight excluding hydrogens is 232 g/mol. The Balaban J connectivity index is 1.97. The van der Waals surface area contributed by atoms with Gasteiger partial charge in [0.25, 0.3) is 0 Å². The van der Waals surface area contributed by atoms with E-state index in [4.69, 9.17) is 16.3 Å². The Morgan fingerprint density at radius 1 is 1.50 bits per heavy atom. The van der Waals surface area contributed by atoms with Gasteiger partial charge in [-0.1, -0.05) is 6.92 Å². The van der Waals surface area contributed by atoms with Crippen LogP contribution in [0.25, 0.3) is 0 Å². The smallest absolute Gasteiger partial charge is 0.209 e. The maximum absolute atomic E-state index is 5.89. The van der Waals surface area contributed by atoms with E-state index in [1.807, 2.05) is 35.3 Å². The summed E-state index contributed by atoms with van der Waals surface area (Å²) < 4.78 is 5.89. The van der Waals surface area contributed by atoms with Crippen LogP contribution in [0.1, 0.15) is 6.92 Å². The highest BCUT2D eigenvalue weighted by Crippen LogP contribution is 2.59. The summed E-state index contributed by atoms with van der Waals surface area (Å²) in [7, 11) is 0. The Morgan fingerprint density at radius 3 is 2.75 bits per heavy atom. The molecule has 0 saturated carbocycles. The molecule has 0 radical (unpaired) electrons. The van der Waals surface area contributed by atoms with Crippen LogP contribution in [0.4, 0.5) is 0 Å². The van der Waals surface area contributed by atoms with Crippen molar-refractivity contribution in [3.8, 4) is 0 Å². The Kier molecular flexibility index (Phi) is 3.13. The topological polar surface area (TPSA) is 9.23 Å². The molecule has 0 aromatic carbocycles. The molecule has 0 N–H and O–H groups in total. The van der Waals surface area contributed by atoms with Crippen molar-refractivity contribution in [1.29, 1.82) is 0 Å². The fraction of sp³-hybridized carbons (Fsp3) is 1.00. The molecule has 5 heteroatoms. The van der Waals surface area contributed by atoms with Gasteiger partial charge in [0.05, 0.1) is 6.10 Å². The lowest BCUT2D eigenvalue weighted by molar-refractivity contribution is 0.109. The summed E-state index contributed by atoms with van der Waals surface area (Å²) in [5.41, 5.74) is 0. The summed E-state index contributed by atoms with van der Waals surface area (Å²) in [6, 6.07) is 0. The zero-order valence-electron chi connectivity index (χ0n) is 6.79. The third-order valence-electron chi connectivity index (χ3n) is 1.77. The number of thioether (sulfide) groups is 3. The van der Waals surface area contributed by atoms with Crippen LogP contribution in [0.3, 0.4) is 0 Å². The molecule has 70 valence electrons. The van der Waals surface area contributed by atoms with Crippen molar-refractivity contribution < 1.29 is 4.74 Å². The molecule has 0 bridgehead atoms. The quantitative estimate of drug-likeness (QED) is 0.654. The van der Waals surface area contributed by atoms with Gasteiger partial charge in [0.15, 0.2) is 0 Å². The Morgan fingerprint density at radius 2 is 2.25 bits per heavy atom. The minimum Gasteiger partial charge on any atom is -0.341 e. The van der Waals surface area contributed by atoms with E-state index < -0.39 is 0 Å². The number of hydrogen-bond donors (Lipinski definition) is 0. The van der Waals surface area contributed by atoms with E-state index in [1.165, 1.54) is 5.75 Å². The lowest BCUT2D eigenvalue weighted by Gasteiger charge is -2.20. The average Bonchev–Trinajstić information content (AvgIpc) is 2.61. The van der Waals surface area contributed by atoms with Gasteiger partial charge in [-0.15, -0.1) is 46.9 Å². The molecule has 3 atom stereocenters. The van der Waals surface area contributed by atoms with E-state index in [9.17, 15) is 0 Å². The number of hydrogen-bond acceptors (Lipinski definition) is 4. The summed E-state index contributed by atoms with van der Waals surface area (Å²) in [4.78, 5) is 0. The second-order valence-corrected chi connectivity index (χ2v) is 8.04. The lowest BCUT2D eigenvalue weighted by Crippen LogP contribution is -2.18. The van der Waals surface area contributed by atoms with Crippen molar-refractivity contribution in [3.63, 3.8) is 0 Å². The molecule has 2 aliphatic rings. The van der Waals surface area contributed by atoms with Crippen LogP contribution >= 0.6 is 46.9 Å². The normalized spacial score (nSPS) is 47.5. The fourth-order valence-corrected chi connectivity index (χ4v) is 6.78. The Labute approximate surface area is 90.7 Å². The van der Waals surface area contributed by atoms with E-state index in [1.54, 1.807) is 0 Å². The van der Waals surface area contributed by atoms with Crippen LogP contribution < -0.4 is 0 Å². The largest absolute Gasteiger partial charge is 0.341 e. The minimum absolute atomic E-state index is 0.00102. The van der Waals surface area contributed by atoms with Gasteiger partial charge in [-0.3, -0.25) is 0 Å². The van der Waals surface area contributed by atoms with Crippen molar-refractivity contribution >= 4 is 46.9 Å². The minimum atomic E-state index is -0.00102. The molecule has 0 amide bonds. The predicted molar refractivity (Wildman–Crippen MR) is 60.3 cm³/mol. The molecular formula is C7H11ClOS3. The highest BCUT2D eigenvalue weighted by atomic mass is 35.5. The summed E-state index contributed by atoms with van der Waals surface area (Å²) >= 11 is 11.5. The third-order valence-corrected chi connectivity index (χ3v) is 7.37. The van der Waals surface area contributed by atoms with Gasteiger partial charge in [0.1, 0.15) is 0 Å². The first-order valence-electron chi connectivity index (χ1n) is 3.93. The van der Waals surface area contributed by atoms with Gasteiger partial charge in [0, 0.05) is 22.6 Å². The third kappa shape index (κ3) is 1.87. The van der Waals surface area contributed by atoms with E-state index in [0.717, 1.165) is 11.0 Å². The second-order valence-electron chi connectivity index (χ2n) is 2.94. The number of rotatable bonds is 1. The van der Waals surface area contributed by atoms with Gasteiger partial charge >= 0.3 is 0 Å². The zero-order valence-corrected chi connectivity index (χ0v) is 9.99. The molecule has 0 aromatic rings. The van der Waals surface area contributed by atoms with Crippen molar-refractivity contribution in [1.82, 2.24) is 0 Å². The van der Waals surface area contributed by atoms with Crippen LogP contribution in [0.15, 0.2) is 0 Å². The number of halogens is 1. The highest BCUT2D eigenvalue weighted by Gasteiger charge is 2.47. The Hall–Kier alpha value is 1.30. The lowest BCUT2D eigenvalue weighted by atomic mass is 10.5. The van der Waals surface area contributed by atoms with Gasteiger partial charge in [0.2, 0.25) is 3.60 Å². The fourth-order valence-electron chi connectivity index (χ4n) is 1.21. The summed E-state index contributed by atoms with van der Waals surface area (Å²) in [5, 5.41) is 0.719. The molecule has 2 rings (SSSR count). The molecule has 0 aliphatic carbocycles. The zero-order chi connectivity index (χ0) is 8.60. The van der Waals surface area contributed by atoms with Crippen molar-refractivity contribution in [2.24, 2.45) is 0 Å². The van der Waals surface area contributed by atoms with E-state index in [0.29, 0.717) is 5.88 Å². The van der Waals surface area contributed by atoms with Gasteiger partial charge in [-0.05, 0) is 0 Å². The number of alkyl halides is 1. The van der Waals surface area contributed by atoms with Crippen LogP contribution in [0.5, 0.6) is 0 Å². The van der Waals surface area contributed by atoms with Gasteiger partial charge < -0.3 is 4.74 Å². The summed E-state index contributed by atoms with van der Waals surface area (Å²) in [5.74, 6) is 2.88. The molecule has 12 heavy (non-hydrogen) atoms. The molecule has 2 saturated heterocycles. The number of ether oxygens (including phenoxy) is 1. The second kappa shape index (κ2) is 3.81. The first-order chi connectivity index (χ1) is 5.74. The van der Waals surface area contributed by atoms with Crippen molar-refractivity contribution in [2.45, 2.75) is 21.9 Å². The van der Waals surface area contributed by atoms with Crippen molar-refractivity contribution in [2.75, 3.05) is 17.4 Å².